The Hall–Kier alpha value is -3.70. The van der Waals surface area contributed by atoms with E-state index >= 15 is 0 Å². The van der Waals surface area contributed by atoms with Gasteiger partial charge in [0.25, 0.3) is 5.91 Å². The number of carbonyl (C=O) groups is 3. The number of amidine groups is 2. The van der Waals surface area contributed by atoms with Crippen molar-refractivity contribution in [2.45, 2.75) is 25.4 Å². The number of nitrogens with one attached hydrogen (secondary N) is 2. The van der Waals surface area contributed by atoms with Crippen LogP contribution in [0.4, 0.5) is 5.69 Å². The second-order valence-electron chi connectivity index (χ2n) is 8.35. The molecule has 0 bridgehead atoms. The molecule has 3 amide bonds. The van der Waals surface area contributed by atoms with Crippen molar-refractivity contribution in [3.63, 3.8) is 0 Å². The molecule has 37 heavy (non-hydrogen) atoms. The zero-order chi connectivity index (χ0) is 26.2. The molecule has 2 aliphatic heterocycles. The van der Waals surface area contributed by atoms with Gasteiger partial charge in [-0.15, -0.1) is 0 Å². The summed E-state index contributed by atoms with van der Waals surface area (Å²) in [5.74, 6) is 0.754. The number of thioether (sulfide) groups is 1. The number of rotatable bonds is 11. The highest BCUT2D eigenvalue weighted by Crippen LogP contribution is 2.34. The van der Waals surface area contributed by atoms with Gasteiger partial charge in [-0.1, -0.05) is 36.0 Å². The smallest absolute Gasteiger partial charge is 0.259 e. The molecule has 0 aliphatic carbocycles. The van der Waals surface area contributed by atoms with E-state index in [1.807, 2.05) is 48.5 Å². The lowest BCUT2D eigenvalue weighted by molar-refractivity contribution is -0.125. The first-order valence-electron chi connectivity index (χ1n) is 11.9. The van der Waals surface area contributed by atoms with Crippen molar-refractivity contribution >= 4 is 46.2 Å². The molecule has 2 N–H and O–H groups in total. The van der Waals surface area contributed by atoms with Crippen LogP contribution in [0.2, 0.25) is 0 Å². The van der Waals surface area contributed by atoms with Crippen LogP contribution in [0.1, 0.15) is 24.0 Å². The summed E-state index contributed by atoms with van der Waals surface area (Å²) >= 11 is 1.18. The van der Waals surface area contributed by atoms with Gasteiger partial charge in [0.2, 0.25) is 11.8 Å². The number of nitrogens with zero attached hydrogens (tertiary/aromatic N) is 3. The molecule has 0 fully saturated rings. The Kier molecular flexibility index (Phi) is 8.91. The number of fused-ring (bicyclic) bond motifs is 3. The second-order valence-corrected chi connectivity index (χ2v) is 9.29. The van der Waals surface area contributed by atoms with Crippen LogP contribution in [0.3, 0.4) is 0 Å². The van der Waals surface area contributed by atoms with E-state index in [-0.39, 0.29) is 36.3 Å². The number of para-hydroxylation sites is 1. The van der Waals surface area contributed by atoms with E-state index in [1.165, 1.54) is 16.7 Å². The maximum Gasteiger partial charge on any atom is 0.259 e. The number of carbonyl (C=O) groups excluding carboxylic acids is 3. The SMILES string of the molecule is COCCNC(=O)CSC1=Nc2ccccc2C2=NC(CCC(=O)NCc3ccc(OC)cc3)C(=O)N12. The molecule has 0 spiro atoms. The van der Waals surface area contributed by atoms with Crippen molar-refractivity contribution in [3.05, 3.63) is 59.7 Å². The largest absolute Gasteiger partial charge is 0.497 e. The van der Waals surface area contributed by atoms with Crippen LogP contribution in [-0.2, 0) is 25.7 Å². The maximum atomic E-state index is 13.3. The van der Waals surface area contributed by atoms with Crippen LogP contribution < -0.4 is 15.4 Å². The van der Waals surface area contributed by atoms with Gasteiger partial charge in [0, 0.05) is 32.2 Å². The van der Waals surface area contributed by atoms with Gasteiger partial charge in [0.15, 0.2) is 5.17 Å². The summed E-state index contributed by atoms with van der Waals surface area (Å²) in [4.78, 5) is 48.7. The zero-order valence-corrected chi connectivity index (χ0v) is 21.5. The predicted octanol–water partition coefficient (Wildman–Crippen LogP) is 2.25. The number of hydrogen-bond acceptors (Lipinski definition) is 8. The molecule has 1 unspecified atom stereocenters. The topological polar surface area (TPSA) is 122 Å². The van der Waals surface area contributed by atoms with Gasteiger partial charge in [-0.3, -0.25) is 19.4 Å². The number of ether oxygens (including phenoxy) is 2. The fourth-order valence-corrected chi connectivity index (χ4v) is 4.69. The van der Waals surface area contributed by atoms with Gasteiger partial charge in [-0.2, -0.15) is 0 Å². The summed E-state index contributed by atoms with van der Waals surface area (Å²) in [5.41, 5.74) is 2.38. The van der Waals surface area contributed by atoms with Crippen LogP contribution in [0, 0.1) is 0 Å². The van der Waals surface area contributed by atoms with E-state index in [1.54, 1.807) is 14.2 Å². The van der Waals surface area contributed by atoms with Crippen molar-refractivity contribution in [3.8, 4) is 5.75 Å². The molecule has 2 aromatic carbocycles. The Balaban J connectivity index is 1.38. The number of hydrogen-bond donors (Lipinski definition) is 2. The number of benzene rings is 2. The Labute approximate surface area is 219 Å². The van der Waals surface area contributed by atoms with E-state index in [0.717, 1.165) is 16.9 Å². The summed E-state index contributed by atoms with van der Waals surface area (Å²) in [7, 11) is 3.17. The molecule has 10 nitrogen and oxygen atoms in total. The lowest BCUT2D eigenvalue weighted by Crippen LogP contribution is -2.42. The summed E-state index contributed by atoms with van der Waals surface area (Å²) < 4.78 is 10.1. The Morgan fingerprint density at radius 2 is 1.84 bits per heavy atom. The quantitative estimate of drug-likeness (QED) is 0.436. The Morgan fingerprint density at radius 3 is 2.59 bits per heavy atom. The average molecular weight is 524 g/mol. The van der Waals surface area contributed by atoms with Crippen molar-refractivity contribution in [1.82, 2.24) is 15.5 Å². The third-order valence-electron chi connectivity index (χ3n) is 5.80. The van der Waals surface area contributed by atoms with Crippen LogP contribution in [-0.4, -0.2) is 72.8 Å². The molecule has 194 valence electrons. The van der Waals surface area contributed by atoms with Gasteiger partial charge in [-0.25, -0.2) is 9.89 Å². The minimum Gasteiger partial charge on any atom is -0.497 e. The van der Waals surface area contributed by atoms with Gasteiger partial charge in [0.05, 0.1) is 25.2 Å². The van der Waals surface area contributed by atoms with E-state index in [9.17, 15) is 14.4 Å². The fourth-order valence-electron chi connectivity index (χ4n) is 3.86. The van der Waals surface area contributed by atoms with Crippen molar-refractivity contribution in [2.75, 3.05) is 33.1 Å². The Morgan fingerprint density at radius 1 is 1.05 bits per heavy atom. The molecule has 2 heterocycles. The fraction of sp³-hybridized carbons (Fsp3) is 0.346. The number of methoxy groups -OCH3 is 2. The van der Waals surface area contributed by atoms with Crippen LogP contribution >= 0.6 is 11.8 Å². The molecule has 0 radical (unpaired) electrons. The van der Waals surface area contributed by atoms with E-state index < -0.39 is 6.04 Å². The van der Waals surface area contributed by atoms with Crippen LogP contribution in [0.15, 0.2) is 58.5 Å². The highest BCUT2D eigenvalue weighted by Gasteiger charge is 2.41. The average Bonchev–Trinajstić information content (AvgIpc) is 3.26. The maximum absolute atomic E-state index is 13.3. The first-order chi connectivity index (χ1) is 18.0. The molecule has 2 aromatic rings. The van der Waals surface area contributed by atoms with Crippen LogP contribution in [0.5, 0.6) is 5.75 Å². The molecular formula is C26H29N5O5S. The molecule has 0 saturated heterocycles. The molecule has 1 atom stereocenters. The van der Waals surface area contributed by atoms with Crippen molar-refractivity contribution < 1.29 is 23.9 Å². The van der Waals surface area contributed by atoms with E-state index in [2.05, 4.69) is 20.6 Å². The van der Waals surface area contributed by atoms with Gasteiger partial charge in [-0.05, 0) is 36.2 Å². The summed E-state index contributed by atoms with van der Waals surface area (Å²) in [6.45, 7) is 1.21. The normalized spacial score (nSPS) is 15.9. The molecule has 2 aliphatic rings. The zero-order valence-electron chi connectivity index (χ0n) is 20.7. The first-order valence-corrected chi connectivity index (χ1v) is 12.9. The molecular weight excluding hydrogens is 494 g/mol. The number of aliphatic imine (C=N–C) groups is 2. The number of amides is 3. The highest BCUT2D eigenvalue weighted by molar-refractivity contribution is 8.14. The van der Waals surface area contributed by atoms with Gasteiger partial charge < -0.3 is 20.1 Å². The van der Waals surface area contributed by atoms with Crippen LogP contribution in [0.25, 0.3) is 0 Å². The lowest BCUT2D eigenvalue weighted by Gasteiger charge is -2.25. The van der Waals surface area contributed by atoms with E-state index in [4.69, 9.17) is 9.47 Å². The molecule has 4 rings (SSSR count). The summed E-state index contributed by atoms with van der Waals surface area (Å²) in [6.07, 6.45) is 0.422. The Bertz CT molecular complexity index is 1210. The third-order valence-corrected chi connectivity index (χ3v) is 6.74. The molecule has 11 heteroatoms. The van der Waals surface area contributed by atoms with E-state index in [0.29, 0.717) is 36.4 Å². The summed E-state index contributed by atoms with van der Waals surface area (Å²) in [5, 5.41) is 6.04. The van der Waals surface area contributed by atoms with Gasteiger partial charge in [0.1, 0.15) is 17.6 Å². The highest BCUT2D eigenvalue weighted by atomic mass is 32.2. The molecule has 0 saturated carbocycles. The minimum absolute atomic E-state index is 0.0974. The summed E-state index contributed by atoms with van der Waals surface area (Å²) in [6, 6.07) is 14.2. The monoisotopic (exact) mass is 523 g/mol. The molecule has 0 aromatic heterocycles. The van der Waals surface area contributed by atoms with Crippen molar-refractivity contribution in [1.29, 1.82) is 0 Å². The first kappa shape index (κ1) is 26.4. The van der Waals surface area contributed by atoms with Gasteiger partial charge >= 0.3 is 0 Å². The predicted molar refractivity (Wildman–Crippen MR) is 142 cm³/mol. The third kappa shape index (κ3) is 6.55. The minimum atomic E-state index is -0.700. The second kappa shape index (κ2) is 12.5. The van der Waals surface area contributed by atoms with Crippen molar-refractivity contribution in [2.24, 2.45) is 9.98 Å². The lowest BCUT2D eigenvalue weighted by atomic mass is 10.1. The standard InChI is InChI=1S/C26H29N5O5S/c1-35-14-13-27-23(33)16-37-26-30-20-6-4-3-5-19(20)24-29-21(25(34)31(24)26)11-12-22(32)28-15-17-7-9-18(36-2)10-8-17/h3-10,21H,11-16H2,1-2H3,(H,27,33)(H,28,32).